The standard InChI is InChI=1S/C25H30N6O2/c1-24(2,23(32)33-3)31-15-9-25(17-31)7-13-30(14-8-25)22-19-6-12-27-16-20(19)28-21(29-22)18-4-10-26-11-5-18/h4-6,10-12,16H,7-9,13-15,17H2,1-3H3. The summed E-state index contributed by atoms with van der Waals surface area (Å²) in [6, 6.07) is 5.87. The van der Waals surface area contributed by atoms with Crippen LogP contribution >= 0.6 is 0 Å². The van der Waals surface area contributed by atoms with E-state index in [-0.39, 0.29) is 11.4 Å². The first-order valence-corrected chi connectivity index (χ1v) is 11.5. The Balaban J connectivity index is 1.39. The van der Waals surface area contributed by atoms with Crippen molar-refractivity contribution in [2.24, 2.45) is 5.41 Å². The molecule has 3 aromatic heterocycles. The minimum Gasteiger partial charge on any atom is -0.468 e. The number of nitrogens with zero attached hydrogens (tertiary/aromatic N) is 6. The molecule has 0 unspecified atom stereocenters. The Morgan fingerprint density at radius 3 is 2.42 bits per heavy atom. The quantitative estimate of drug-likeness (QED) is 0.564. The molecule has 0 radical (unpaired) electrons. The van der Waals surface area contributed by atoms with Crippen LogP contribution < -0.4 is 4.90 Å². The van der Waals surface area contributed by atoms with Gasteiger partial charge >= 0.3 is 5.97 Å². The normalized spacial score (nSPS) is 18.7. The van der Waals surface area contributed by atoms with E-state index in [2.05, 4.69) is 19.8 Å². The second-order valence-electron chi connectivity index (χ2n) is 9.71. The fourth-order valence-corrected chi connectivity index (χ4v) is 5.23. The Morgan fingerprint density at radius 2 is 1.70 bits per heavy atom. The molecule has 172 valence electrons. The van der Waals surface area contributed by atoms with Crippen LogP contribution in [-0.2, 0) is 9.53 Å². The minimum absolute atomic E-state index is 0.165. The lowest BCUT2D eigenvalue weighted by Gasteiger charge is -2.41. The molecule has 8 heteroatoms. The largest absolute Gasteiger partial charge is 0.468 e. The lowest BCUT2D eigenvalue weighted by atomic mass is 9.77. The first-order chi connectivity index (χ1) is 15.9. The fourth-order valence-electron chi connectivity index (χ4n) is 5.23. The summed E-state index contributed by atoms with van der Waals surface area (Å²) in [5.41, 5.74) is 1.44. The van der Waals surface area contributed by atoms with Gasteiger partial charge in [0, 0.05) is 49.2 Å². The number of rotatable bonds is 4. The van der Waals surface area contributed by atoms with Gasteiger partial charge in [0.05, 0.1) is 18.8 Å². The average Bonchev–Trinajstić information content (AvgIpc) is 3.28. The smallest absolute Gasteiger partial charge is 0.325 e. The maximum Gasteiger partial charge on any atom is 0.325 e. The van der Waals surface area contributed by atoms with Gasteiger partial charge in [0.2, 0.25) is 0 Å². The molecule has 2 fully saturated rings. The van der Waals surface area contributed by atoms with Crippen molar-refractivity contribution < 1.29 is 9.53 Å². The molecule has 2 aliphatic rings. The number of anilines is 1. The van der Waals surface area contributed by atoms with Crippen LogP contribution in [0, 0.1) is 5.41 Å². The van der Waals surface area contributed by atoms with E-state index in [4.69, 9.17) is 14.7 Å². The molecule has 8 nitrogen and oxygen atoms in total. The summed E-state index contributed by atoms with van der Waals surface area (Å²) in [5, 5.41) is 1.03. The zero-order chi connectivity index (χ0) is 23.1. The average molecular weight is 447 g/mol. The van der Waals surface area contributed by atoms with Gasteiger partial charge in [-0.2, -0.15) is 0 Å². The SMILES string of the molecule is COC(=O)C(C)(C)N1CCC2(CCN(c3nc(-c4ccncc4)nc4cnccc34)CC2)C1. The van der Waals surface area contributed by atoms with Gasteiger partial charge in [-0.25, -0.2) is 9.97 Å². The second kappa shape index (κ2) is 8.33. The van der Waals surface area contributed by atoms with Crippen molar-refractivity contribution in [3.8, 4) is 11.4 Å². The van der Waals surface area contributed by atoms with Gasteiger partial charge in [-0.05, 0) is 63.3 Å². The molecular formula is C25H30N6O2. The molecule has 0 amide bonds. The van der Waals surface area contributed by atoms with E-state index in [1.54, 1.807) is 24.8 Å². The molecule has 33 heavy (non-hydrogen) atoms. The summed E-state index contributed by atoms with van der Waals surface area (Å²) < 4.78 is 5.05. The predicted molar refractivity (Wildman–Crippen MR) is 127 cm³/mol. The Labute approximate surface area is 194 Å². The van der Waals surface area contributed by atoms with Crippen LogP contribution in [0.5, 0.6) is 0 Å². The van der Waals surface area contributed by atoms with E-state index in [1.165, 1.54) is 7.11 Å². The van der Waals surface area contributed by atoms with Crippen LogP contribution in [0.3, 0.4) is 0 Å². The Hall–Kier alpha value is -3.13. The monoisotopic (exact) mass is 446 g/mol. The minimum atomic E-state index is -0.593. The molecule has 3 aromatic rings. The van der Waals surface area contributed by atoms with Gasteiger partial charge in [-0.3, -0.25) is 19.7 Å². The highest BCUT2D eigenvalue weighted by Crippen LogP contribution is 2.44. The summed E-state index contributed by atoms with van der Waals surface area (Å²) in [6.07, 6.45) is 10.4. The van der Waals surface area contributed by atoms with Crippen LogP contribution in [0.2, 0.25) is 0 Å². The number of carbonyl (C=O) groups excluding carboxylic acids is 1. The number of likely N-dealkylation sites (tertiary alicyclic amines) is 1. The van der Waals surface area contributed by atoms with E-state index in [9.17, 15) is 4.79 Å². The van der Waals surface area contributed by atoms with Crippen molar-refractivity contribution in [2.75, 3.05) is 38.2 Å². The number of hydrogen-bond acceptors (Lipinski definition) is 8. The van der Waals surface area contributed by atoms with Crippen molar-refractivity contribution >= 4 is 22.7 Å². The number of aromatic nitrogens is 4. The Kier molecular flexibility index (Phi) is 5.48. The van der Waals surface area contributed by atoms with E-state index < -0.39 is 5.54 Å². The number of esters is 1. The fraction of sp³-hybridized carbons (Fsp3) is 0.480. The van der Waals surface area contributed by atoms with Gasteiger partial charge in [0.15, 0.2) is 5.82 Å². The highest BCUT2D eigenvalue weighted by Gasteiger charge is 2.47. The van der Waals surface area contributed by atoms with Crippen molar-refractivity contribution in [3.05, 3.63) is 43.0 Å². The van der Waals surface area contributed by atoms with E-state index in [0.29, 0.717) is 5.82 Å². The lowest BCUT2D eigenvalue weighted by molar-refractivity contribution is -0.152. The number of fused-ring (bicyclic) bond motifs is 1. The van der Waals surface area contributed by atoms with Crippen LogP contribution in [-0.4, -0.2) is 69.6 Å². The Bertz CT molecular complexity index is 1160. The summed E-state index contributed by atoms with van der Waals surface area (Å²) in [6.45, 7) is 7.65. The summed E-state index contributed by atoms with van der Waals surface area (Å²) >= 11 is 0. The lowest BCUT2D eigenvalue weighted by Crippen LogP contribution is -2.51. The zero-order valence-corrected chi connectivity index (χ0v) is 19.5. The van der Waals surface area contributed by atoms with Crippen LogP contribution in [0.1, 0.15) is 33.1 Å². The third kappa shape index (κ3) is 3.93. The molecule has 1 spiro atoms. The van der Waals surface area contributed by atoms with Gasteiger partial charge in [-0.1, -0.05) is 0 Å². The molecular weight excluding hydrogens is 416 g/mol. The topological polar surface area (TPSA) is 84.3 Å². The molecule has 0 bridgehead atoms. The van der Waals surface area contributed by atoms with Crippen molar-refractivity contribution in [3.63, 3.8) is 0 Å². The molecule has 2 aliphatic heterocycles. The third-order valence-corrected chi connectivity index (χ3v) is 7.46. The maximum atomic E-state index is 12.3. The number of piperidine rings is 1. The molecule has 0 atom stereocenters. The van der Waals surface area contributed by atoms with Crippen molar-refractivity contribution in [1.29, 1.82) is 0 Å². The molecule has 0 saturated carbocycles. The first kappa shape index (κ1) is 21.7. The molecule has 0 aliphatic carbocycles. The van der Waals surface area contributed by atoms with Gasteiger partial charge in [-0.15, -0.1) is 0 Å². The maximum absolute atomic E-state index is 12.3. The summed E-state index contributed by atoms with van der Waals surface area (Å²) in [7, 11) is 1.47. The first-order valence-electron chi connectivity index (χ1n) is 11.5. The van der Waals surface area contributed by atoms with Crippen molar-refractivity contribution in [1.82, 2.24) is 24.8 Å². The van der Waals surface area contributed by atoms with Crippen LogP contribution in [0.25, 0.3) is 22.3 Å². The van der Waals surface area contributed by atoms with Gasteiger partial charge in [0.25, 0.3) is 0 Å². The van der Waals surface area contributed by atoms with Gasteiger partial charge in [0.1, 0.15) is 11.4 Å². The highest BCUT2D eigenvalue weighted by molar-refractivity contribution is 5.90. The predicted octanol–water partition coefficient (Wildman–Crippen LogP) is 3.33. The molecule has 2 saturated heterocycles. The van der Waals surface area contributed by atoms with Crippen LogP contribution in [0.15, 0.2) is 43.0 Å². The zero-order valence-electron chi connectivity index (χ0n) is 19.5. The molecule has 0 aromatic carbocycles. The highest BCUT2D eigenvalue weighted by atomic mass is 16.5. The number of carbonyl (C=O) groups is 1. The number of ether oxygens (including phenoxy) is 1. The van der Waals surface area contributed by atoms with Gasteiger partial charge < -0.3 is 9.64 Å². The molecule has 5 rings (SSSR count). The van der Waals surface area contributed by atoms with E-state index in [0.717, 1.165) is 67.7 Å². The summed E-state index contributed by atoms with van der Waals surface area (Å²) in [4.78, 5) is 35.1. The van der Waals surface area contributed by atoms with Crippen molar-refractivity contribution in [2.45, 2.75) is 38.6 Å². The number of methoxy groups -OCH3 is 1. The molecule has 0 N–H and O–H groups in total. The van der Waals surface area contributed by atoms with E-state index >= 15 is 0 Å². The summed E-state index contributed by atoms with van der Waals surface area (Å²) in [5.74, 6) is 1.50. The number of pyridine rings is 2. The molecule has 5 heterocycles. The van der Waals surface area contributed by atoms with Crippen LogP contribution in [0.4, 0.5) is 5.82 Å². The number of hydrogen-bond donors (Lipinski definition) is 0. The van der Waals surface area contributed by atoms with E-state index in [1.807, 2.05) is 32.0 Å². The third-order valence-electron chi connectivity index (χ3n) is 7.46. The second-order valence-corrected chi connectivity index (χ2v) is 9.71. The Morgan fingerprint density at radius 1 is 1.00 bits per heavy atom.